The molecule has 0 fully saturated rings. The monoisotopic (exact) mass is 611 g/mol. The first kappa shape index (κ1) is 28.5. The van der Waals surface area contributed by atoms with Gasteiger partial charge in [-0.1, -0.05) is 151 Å². The normalized spacial score (nSPS) is 18.0. The summed E-state index contributed by atoms with van der Waals surface area (Å²) in [7, 11) is 2.29. The summed E-state index contributed by atoms with van der Waals surface area (Å²) >= 11 is 0. The Labute approximate surface area is 277 Å². The molecule has 2 heteroatoms. The zero-order valence-electron chi connectivity index (χ0n) is 28.6. The minimum absolute atomic E-state index is 0.0168. The number of nitrogens with zero attached hydrogens (tertiary/aromatic N) is 2. The van der Waals surface area contributed by atoms with Crippen molar-refractivity contribution >= 4 is 71.0 Å². The summed E-state index contributed by atoms with van der Waals surface area (Å²) in [6, 6.07) is 42.4. The van der Waals surface area contributed by atoms with Crippen molar-refractivity contribution in [1.29, 1.82) is 0 Å². The maximum absolute atomic E-state index is 2.74. The van der Waals surface area contributed by atoms with Crippen LogP contribution in [0.3, 0.4) is 0 Å². The van der Waals surface area contributed by atoms with Gasteiger partial charge < -0.3 is 0 Å². The van der Waals surface area contributed by atoms with Crippen molar-refractivity contribution in [3.05, 3.63) is 120 Å². The molecule has 0 aromatic heterocycles. The fourth-order valence-corrected chi connectivity index (χ4v) is 9.45. The fraction of sp³-hybridized carbons (Fsp3) is 0.267. The molecule has 0 amide bonds. The highest BCUT2D eigenvalue weighted by molar-refractivity contribution is 6.25. The summed E-state index contributed by atoms with van der Waals surface area (Å²) in [5.74, 6) is 0. The molecule has 2 atom stereocenters. The molecule has 47 heavy (non-hydrogen) atoms. The van der Waals surface area contributed by atoms with Crippen LogP contribution in [0.5, 0.6) is 0 Å². The van der Waals surface area contributed by atoms with E-state index in [2.05, 4.69) is 174 Å². The van der Waals surface area contributed by atoms with Gasteiger partial charge in [-0.3, -0.25) is 4.58 Å². The lowest BCUT2D eigenvalue weighted by molar-refractivity contribution is -0.546. The van der Waals surface area contributed by atoms with E-state index in [0.717, 1.165) is 0 Å². The zero-order chi connectivity index (χ0) is 32.4. The number of rotatable bonds is 3. The quantitative estimate of drug-likeness (QED) is 0.142. The first-order valence-corrected chi connectivity index (χ1v) is 17.2. The molecule has 1 aliphatic heterocycles. The Balaban J connectivity index is 1.41. The molecule has 232 valence electrons. The maximum atomic E-state index is 2.74. The highest BCUT2D eigenvalue weighted by atomic mass is 15.3. The van der Waals surface area contributed by atoms with Gasteiger partial charge in [-0.05, 0) is 64.6 Å². The van der Waals surface area contributed by atoms with Gasteiger partial charge in [-0.25, -0.2) is 4.90 Å². The Kier molecular flexibility index (Phi) is 5.87. The molecule has 9 rings (SSSR count). The fourth-order valence-electron chi connectivity index (χ4n) is 9.45. The summed E-state index contributed by atoms with van der Waals surface area (Å²) in [4.78, 5) is 2.74. The summed E-state index contributed by atoms with van der Waals surface area (Å²) in [6.45, 7) is 14.5. The van der Waals surface area contributed by atoms with Gasteiger partial charge in [0, 0.05) is 22.0 Å². The van der Waals surface area contributed by atoms with Crippen LogP contribution in [-0.4, -0.2) is 34.9 Å². The van der Waals surface area contributed by atoms with E-state index >= 15 is 0 Å². The van der Waals surface area contributed by atoms with Crippen molar-refractivity contribution in [3.63, 3.8) is 0 Å². The average Bonchev–Trinajstić information content (AvgIpc) is 3.41. The topological polar surface area (TPSA) is 6.25 Å². The molecule has 0 aliphatic carbocycles. The second-order valence-corrected chi connectivity index (χ2v) is 16.3. The van der Waals surface area contributed by atoms with Crippen molar-refractivity contribution in [1.82, 2.24) is 4.90 Å². The van der Waals surface area contributed by atoms with E-state index in [0.29, 0.717) is 6.04 Å². The average molecular weight is 612 g/mol. The van der Waals surface area contributed by atoms with Gasteiger partial charge >= 0.3 is 0 Å². The molecule has 1 aliphatic rings. The number of benzene rings is 8. The SMILES string of the molecule is C[N+]1=CN(C(c2ccc3ccc4cccc5ccc2c3c45)c2ccc3ccc4cccc5ccc2c3c45)[C@H](C(C)(C)C)[C@H]1C(C)(C)C. The zero-order valence-corrected chi connectivity index (χ0v) is 28.6. The molecular weight excluding hydrogens is 569 g/mol. The minimum atomic E-state index is 0.0168. The van der Waals surface area contributed by atoms with Crippen LogP contribution >= 0.6 is 0 Å². The van der Waals surface area contributed by atoms with Crippen molar-refractivity contribution in [2.24, 2.45) is 10.8 Å². The lowest BCUT2D eigenvalue weighted by Crippen LogP contribution is -2.53. The van der Waals surface area contributed by atoms with Crippen molar-refractivity contribution in [3.8, 4) is 0 Å². The summed E-state index contributed by atoms with van der Waals surface area (Å²) in [6.07, 6.45) is 2.45. The largest absolute Gasteiger partial charge is 0.263 e. The van der Waals surface area contributed by atoms with E-state index in [1.165, 1.54) is 75.8 Å². The van der Waals surface area contributed by atoms with Crippen LogP contribution < -0.4 is 0 Å². The molecule has 8 aromatic carbocycles. The standard InChI is InChI=1S/C45H43N2/c1-44(2,3)42-43(45(4,5)6)47(26-46(42)7)41(35-24-20-31-16-14-27-10-8-12-29-18-22-33(35)39(31)37(27)29)36-25-21-32-17-15-28-11-9-13-30-19-23-34(36)40(32)38(28)30/h8-26,41-43H,1-7H3/q+1/t42-,43-/m0/s1. The third kappa shape index (κ3) is 4.07. The highest BCUT2D eigenvalue weighted by Gasteiger charge is 2.55. The summed E-state index contributed by atoms with van der Waals surface area (Å²) < 4.78 is 2.51. The Bertz CT molecular complexity index is 2340. The lowest BCUT2D eigenvalue weighted by atomic mass is 9.71. The maximum Gasteiger partial charge on any atom is 0.235 e. The van der Waals surface area contributed by atoms with E-state index in [-0.39, 0.29) is 22.9 Å². The molecule has 0 saturated heterocycles. The van der Waals surface area contributed by atoms with E-state index in [4.69, 9.17) is 0 Å². The van der Waals surface area contributed by atoms with E-state index in [1.807, 2.05) is 0 Å². The third-order valence-electron chi connectivity index (χ3n) is 11.2. The highest BCUT2D eigenvalue weighted by Crippen LogP contribution is 2.48. The number of hydrogen-bond donors (Lipinski definition) is 0. The van der Waals surface area contributed by atoms with Gasteiger partial charge in [0.2, 0.25) is 6.34 Å². The van der Waals surface area contributed by atoms with Crippen molar-refractivity contribution in [2.45, 2.75) is 59.7 Å². The van der Waals surface area contributed by atoms with Crippen molar-refractivity contribution in [2.75, 3.05) is 7.05 Å². The molecule has 0 N–H and O–H groups in total. The molecule has 8 aromatic rings. The van der Waals surface area contributed by atoms with Crippen LogP contribution in [0.2, 0.25) is 0 Å². The number of likely N-dealkylation sites (N-methyl/N-ethyl adjacent to an activating group) is 1. The Morgan fingerprint density at radius 2 is 0.872 bits per heavy atom. The van der Waals surface area contributed by atoms with E-state index < -0.39 is 0 Å². The van der Waals surface area contributed by atoms with Crippen LogP contribution in [0, 0.1) is 10.8 Å². The van der Waals surface area contributed by atoms with Crippen LogP contribution in [-0.2, 0) is 0 Å². The minimum Gasteiger partial charge on any atom is -0.263 e. The van der Waals surface area contributed by atoms with Crippen LogP contribution in [0.25, 0.3) is 64.6 Å². The third-order valence-corrected chi connectivity index (χ3v) is 11.2. The molecule has 0 spiro atoms. The van der Waals surface area contributed by atoms with Gasteiger partial charge in [0.15, 0.2) is 0 Å². The van der Waals surface area contributed by atoms with Gasteiger partial charge in [0.05, 0.1) is 7.05 Å². The molecular formula is C45H43N2+. The molecule has 1 heterocycles. The predicted molar refractivity (Wildman–Crippen MR) is 203 cm³/mol. The molecule has 0 bridgehead atoms. The molecule has 2 nitrogen and oxygen atoms in total. The summed E-state index contributed by atoms with van der Waals surface area (Å²) in [5.41, 5.74) is 2.87. The van der Waals surface area contributed by atoms with Crippen LogP contribution in [0.15, 0.2) is 109 Å². The van der Waals surface area contributed by atoms with Crippen LogP contribution in [0.1, 0.15) is 58.7 Å². The molecule has 0 radical (unpaired) electrons. The first-order chi connectivity index (χ1) is 22.5. The molecule has 0 unspecified atom stereocenters. The van der Waals surface area contributed by atoms with Crippen molar-refractivity contribution < 1.29 is 4.58 Å². The Morgan fingerprint density at radius 1 is 0.489 bits per heavy atom. The Morgan fingerprint density at radius 3 is 1.28 bits per heavy atom. The predicted octanol–water partition coefficient (Wildman–Crippen LogP) is 11.4. The van der Waals surface area contributed by atoms with Gasteiger partial charge in [-0.2, -0.15) is 0 Å². The second kappa shape index (κ2) is 9.67. The first-order valence-electron chi connectivity index (χ1n) is 17.2. The van der Waals surface area contributed by atoms with E-state index in [9.17, 15) is 0 Å². The van der Waals surface area contributed by atoms with Crippen LogP contribution in [0.4, 0.5) is 0 Å². The number of hydrogen-bond acceptors (Lipinski definition) is 1. The smallest absolute Gasteiger partial charge is 0.235 e. The van der Waals surface area contributed by atoms with E-state index in [1.54, 1.807) is 0 Å². The lowest BCUT2D eigenvalue weighted by Gasteiger charge is -2.41. The Hall–Kier alpha value is -4.69. The molecule has 0 saturated carbocycles. The second-order valence-electron chi connectivity index (χ2n) is 16.3. The van der Waals surface area contributed by atoms with Gasteiger partial charge in [-0.15, -0.1) is 0 Å². The summed E-state index contributed by atoms with van der Waals surface area (Å²) in [5, 5.41) is 16.1. The van der Waals surface area contributed by atoms with Gasteiger partial charge in [0.25, 0.3) is 0 Å². The van der Waals surface area contributed by atoms with Gasteiger partial charge in [0.1, 0.15) is 18.1 Å².